The van der Waals surface area contributed by atoms with Crippen LogP contribution in [0.2, 0.25) is 10.0 Å². The summed E-state index contributed by atoms with van der Waals surface area (Å²) in [5.74, 6) is -0.285. The second-order valence-electron chi connectivity index (χ2n) is 7.07. The normalized spacial score (nSPS) is 15.9. The predicted molar refractivity (Wildman–Crippen MR) is 118 cm³/mol. The molecule has 3 rings (SSSR count). The standard InChI is InChI=1S/C22H24Cl2N2O3/c1-5-15-12-25(21(27)20-16(23)8-7-9-17(20)24)18-10-13(3)14(4)11-19(18)26(15)22(28)29-6-2/h7-11,15H,5-6,12H2,1-4H3. The Morgan fingerprint density at radius 1 is 1.07 bits per heavy atom. The van der Waals surface area contributed by atoms with E-state index >= 15 is 0 Å². The molecule has 0 spiro atoms. The topological polar surface area (TPSA) is 49.9 Å². The smallest absolute Gasteiger partial charge is 0.414 e. The number of hydrogen-bond acceptors (Lipinski definition) is 3. The molecule has 0 saturated heterocycles. The summed E-state index contributed by atoms with van der Waals surface area (Å²) in [7, 11) is 0. The van der Waals surface area contributed by atoms with Crippen molar-refractivity contribution in [1.29, 1.82) is 0 Å². The summed E-state index contributed by atoms with van der Waals surface area (Å²) in [4.78, 5) is 29.5. The number of fused-ring (bicyclic) bond motifs is 1. The van der Waals surface area contributed by atoms with Gasteiger partial charge in [0, 0.05) is 6.54 Å². The summed E-state index contributed by atoms with van der Waals surface area (Å²) in [6.45, 7) is 8.31. The van der Waals surface area contributed by atoms with Gasteiger partial charge in [-0.05, 0) is 62.6 Å². The summed E-state index contributed by atoms with van der Waals surface area (Å²) in [5.41, 5.74) is 3.61. The van der Waals surface area contributed by atoms with Gasteiger partial charge >= 0.3 is 6.09 Å². The molecule has 154 valence electrons. The number of nitrogens with zero attached hydrogens (tertiary/aromatic N) is 2. The molecule has 0 bridgehead atoms. The number of carbonyl (C=O) groups excluding carboxylic acids is 2. The molecular formula is C22H24Cl2N2O3. The van der Waals surface area contributed by atoms with Gasteiger partial charge in [-0.2, -0.15) is 0 Å². The minimum absolute atomic E-state index is 0.228. The van der Waals surface area contributed by atoms with Crippen LogP contribution < -0.4 is 9.80 Å². The minimum atomic E-state index is -0.410. The summed E-state index contributed by atoms with van der Waals surface area (Å²) < 4.78 is 5.30. The molecule has 5 nitrogen and oxygen atoms in total. The van der Waals surface area contributed by atoms with Gasteiger partial charge in [-0.3, -0.25) is 9.69 Å². The zero-order valence-corrected chi connectivity index (χ0v) is 18.5. The summed E-state index contributed by atoms with van der Waals surface area (Å²) in [6.07, 6.45) is 0.248. The molecular weight excluding hydrogens is 411 g/mol. The van der Waals surface area contributed by atoms with E-state index in [-0.39, 0.29) is 24.1 Å². The summed E-state index contributed by atoms with van der Waals surface area (Å²) in [5, 5.41) is 0.600. The number of hydrogen-bond donors (Lipinski definition) is 0. The Hall–Kier alpha value is -2.24. The monoisotopic (exact) mass is 434 g/mol. The number of benzene rings is 2. The molecule has 1 unspecified atom stereocenters. The largest absolute Gasteiger partial charge is 0.449 e. The zero-order valence-electron chi connectivity index (χ0n) is 17.0. The van der Waals surface area contributed by atoms with Gasteiger partial charge in [0.1, 0.15) is 0 Å². The Labute approximate surface area is 181 Å². The molecule has 1 aliphatic heterocycles. The number of ether oxygens (including phenoxy) is 1. The van der Waals surface area contributed by atoms with E-state index in [1.807, 2.05) is 32.9 Å². The van der Waals surface area contributed by atoms with E-state index in [0.717, 1.165) is 11.1 Å². The number of halogens is 2. The molecule has 0 aromatic heterocycles. The third kappa shape index (κ3) is 3.94. The number of anilines is 2. The lowest BCUT2D eigenvalue weighted by molar-refractivity contribution is 0.0981. The molecule has 0 N–H and O–H groups in total. The van der Waals surface area contributed by atoms with Crippen molar-refractivity contribution < 1.29 is 14.3 Å². The van der Waals surface area contributed by atoms with Crippen molar-refractivity contribution in [3.63, 3.8) is 0 Å². The molecule has 1 atom stereocenters. The zero-order chi connectivity index (χ0) is 21.3. The molecule has 2 aromatic carbocycles. The van der Waals surface area contributed by atoms with Crippen LogP contribution in [0, 0.1) is 13.8 Å². The summed E-state index contributed by atoms with van der Waals surface area (Å²) in [6, 6.07) is 8.62. The van der Waals surface area contributed by atoms with E-state index in [2.05, 4.69) is 0 Å². The molecule has 1 heterocycles. The molecule has 0 saturated carbocycles. The van der Waals surface area contributed by atoms with E-state index in [0.29, 0.717) is 34.4 Å². The third-order valence-electron chi connectivity index (χ3n) is 5.26. The van der Waals surface area contributed by atoms with Crippen molar-refractivity contribution in [3.05, 3.63) is 57.1 Å². The molecule has 7 heteroatoms. The van der Waals surface area contributed by atoms with Gasteiger partial charge in [-0.1, -0.05) is 36.2 Å². The van der Waals surface area contributed by atoms with Crippen molar-refractivity contribution >= 4 is 46.6 Å². The Balaban J connectivity index is 2.17. The highest BCUT2D eigenvalue weighted by Crippen LogP contribution is 2.40. The average Bonchev–Trinajstić information content (AvgIpc) is 2.67. The van der Waals surface area contributed by atoms with Gasteiger partial charge in [-0.15, -0.1) is 0 Å². The fourth-order valence-electron chi connectivity index (χ4n) is 3.56. The van der Waals surface area contributed by atoms with Crippen LogP contribution in [0.1, 0.15) is 41.8 Å². The molecule has 0 fully saturated rings. The molecule has 0 aliphatic carbocycles. The highest BCUT2D eigenvalue weighted by molar-refractivity contribution is 6.40. The van der Waals surface area contributed by atoms with Crippen LogP contribution in [0.5, 0.6) is 0 Å². The van der Waals surface area contributed by atoms with Crippen LogP contribution in [-0.4, -0.2) is 31.2 Å². The quantitative estimate of drug-likeness (QED) is 0.593. The Morgan fingerprint density at radius 3 is 2.21 bits per heavy atom. The van der Waals surface area contributed by atoms with E-state index < -0.39 is 6.09 Å². The maximum absolute atomic E-state index is 13.5. The first kappa shape index (κ1) is 21.5. The van der Waals surface area contributed by atoms with Gasteiger partial charge in [0.2, 0.25) is 0 Å². The van der Waals surface area contributed by atoms with E-state index in [1.165, 1.54) is 0 Å². The Bertz CT molecular complexity index is 941. The Morgan fingerprint density at radius 2 is 1.66 bits per heavy atom. The van der Waals surface area contributed by atoms with Crippen molar-refractivity contribution in [2.24, 2.45) is 0 Å². The average molecular weight is 435 g/mol. The van der Waals surface area contributed by atoms with Crippen molar-refractivity contribution in [2.75, 3.05) is 23.0 Å². The van der Waals surface area contributed by atoms with Gasteiger partial charge in [0.05, 0.1) is 39.6 Å². The van der Waals surface area contributed by atoms with Gasteiger partial charge in [0.25, 0.3) is 5.91 Å². The SMILES string of the molecule is CCOC(=O)N1c2cc(C)c(C)cc2N(C(=O)c2c(Cl)cccc2Cl)CC1CC. The van der Waals surface area contributed by atoms with Crippen LogP contribution in [0.25, 0.3) is 0 Å². The first-order valence-corrected chi connectivity index (χ1v) is 10.4. The molecule has 1 aliphatic rings. The maximum atomic E-state index is 13.5. The highest BCUT2D eigenvalue weighted by Gasteiger charge is 2.38. The number of carbonyl (C=O) groups is 2. The molecule has 2 amide bonds. The van der Waals surface area contributed by atoms with Crippen LogP contribution in [0.15, 0.2) is 30.3 Å². The highest BCUT2D eigenvalue weighted by atomic mass is 35.5. The predicted octanol–water partition coefficient (Wildman–Crippen LogP) is 6.01. The second-order valence-corrected chi connectivity index (χ2v) is 7.88. The third-order valence-corrected chi connectivity index (χ3v) is 5.89. The van der Waals surface area contributed by atoms with Gasteiger partial charge in [-0.25, -0.2) is 4.79 Å². The van der Waals surface area contributed by atoms with Crippen molar-refractivity contribution in [2.45, 2.75) is 40.2 Å². The lowest BCUT2D eigenvalue weighted by Crippen LogP contribution is -2.53. The first-order chi connectivity index (χ1) is 13.8. The molecule has 2 aromatic rings. The minimum Gasteiger partial charge on any atom is -0.449 e. The molecule has 0 radical (unpaired) electrons. The van der Waals surface area contributed by atoms with Crippen LogP contribution in [-0.2, 0) is 4.74 Å². The lowest BCUT2D eigenvalue weighted by Gasteiger charge is -2.42. The van der Waals surface area contributed by atoms with Crippen LogP contribution in [0.3, 0.4) is 0 Å². The summed E-state index contributed by atoms with van der Waals surface area (Å²) >= 11 is 12.6. The first-order valence-electron chi connectivity index (χ1n) is 9.63. The fraction of sp³-hybridized carbons (Fsp3) is 0.364. The van der Waals surface area contributed by atoms with Crippen molar-refractivity contribution in [1.82, 2.24) is 0 Å². The number of rotatable bonds is 3. The second kappa shape index (κ2) is 8.64. The van der Waals surface area contributed by atoms with Gasteiger partial charge in [0.15, 0.2) is 0 Å². The lowest BCUT2D eigenvalue weighted by atomic mass is 9.99. The van der Waals surface area contributed by atoms with E-state index in [9.17, 15) is 9.59 Å². The fourth-order valence-corrected chi connectivity index (χ4v) is 4.12. The van der Waals surface area contributed by atoms with Crippen molar-refractivity contribution in [3.8, 4) is 0 Å². The van der Waals surface area contributed by atoms with E-state index in [1.54, 1.807) is 34.9 Å². The molecule has 29 heavy (non-hydrogen) atoms. The van der Waals surface area contributed by atoms with E-state index in [4.69, 9.17) is 27.9 Å². The van der Waals surface area contributed by atoms with Crippen LogP contribution >= 0.6 is 23.2 Å². The van der Waals surface area contributed by atoms with Crippen LogP contribution in [0.4, 0.5) is 16.2 Å². The number of amides is 2. The van der Waals surface area contributed by atoms with Gasteiger partial charge < -0.3 is 9.64 Å². The Kier molecular flexibility index (Phi) is 6.39. The number of aryl methyl sites for hydroxylation is 2. The maximum Gasteiger partial charge on any atom is 0.414 e.